The maximum atomic E-state index is 12.3. The van der Waals surface area contributed by atoms with Crippen LogP contribution in [-0.2, 0) is 4.79 Å². The van der Waals surface area contributed by atoms with E-state index in [1.165, 1.54) is 0 Å². The van der Waals surface area contributed by atoms with E-state index in [0.717, 1.165) is 18.6 Å². The van der Waals surface area contributed by atoms with E-state index in [1.54, 1.807) is 30.5 Å². The lowest BCUT2D eigenvalue weighted by Crippen LogP contribution is -2.31. The van der Waals surface area contributed by atoms with Crippen molar-refractivity contribution in [2.45, 2.75) is 38.6 Å². The van der Waals surface area contributed by atoms with Crippen molar-refractivity contribution < 1.29 is 14.0 Å². The third kappa shape index (κ3) is 3.67. The van der Waals surface area contributed by atoms with Gasteiger partial charge in [-0.2, -0.15) is 0 Å². The summed E-state index contributed by atoms with van der Waals surface area (Å²) >= 11 is 0. The molecule has 2 amide bonds. The Morgan fingerprint density at radius 2 is 2.00 bits per heavy atom. The lowest BCUT2D eigenvalue weighted by atomic mass is 10.1. The van der Waals surface area contributed by atoms with Gasteiger partial charge in [-0.05, 0) is 56.2 Å². The van der Waals surface area contributed by atoms with Gasteiger partial charge in [0.1, 0.15) is 5.76 Å². The highest BCUT2D eigenvalue weighted by molar-refractivity contribution is 5.97. The molecule has 126 valence electrons. The summed E-state index contributed by atoms with van der Waals surface area (Å²) in [4.78, 5) is 24.3. The first-order valence-corrected chi connectivity index (χ1v) is 8.33. The van der Waals surface area contributed by atoms with Gasteiger partial charge < -0.3 is 15.1 Å². The average Bonchev–Trinajstić information content (AvgIpc) is 3.21. The van der Waals surface area contributed by atoms with Gasteiger partial charge in [0.15, 0.2) is 0 Å². The van der Waals surface area contributed by atoms with Crippen LogP contribution >= 0.6 is 0 Å². The molecular weight excluding hydrogens is 304 g/mol. The molecule has 0 spiro atoms. The van der Waals surface area contributed by atoms with Crippen molar-refractivity contribution >= 4 is 17.5 Å². The molecule has 1 fully saturated rings. The van der Waals surface area contributed by atoms with Crippen molar-refractivity contribution in [3.63, 3.8) is 0 Å². The zero-order valence-corrected chi connectivity index (χ0v) is 13.9. The van der Waals surface area contributed by atoms with Crippen molar-refractivity contribution in [2.75, 3.05) is 5.32 Å². The predicted molar refractivity (Wildman–Crippen MR) is 91.8 cm³/mol. The van der Waals surface area contributed by atoms with Crippen LogP contribution in [0.3, 0.4) is 0 Å². The molecule has 5 heteroatoms. The quantitative estimate of drug-likeness (QED) is 0.853. The molecule has 3 rings (SSSR count). The van der Waals surface area contributed by atoms with Gasteiger partial charge in [-0.15, -0.1) is 0 Å². The van der Waals surface area contributed by atoms with Gasteiger partial charge in [0, 0.05) is 29.1 Å². The van der Waals surface area contributed by atoms with E-state index < -0.39 is 0 Å². The molecule has 2 aromatic rings. The Hall–Kier alpha value is -2.56. The Morgan fingerprint density at radius 1 is 1.25 bits per heavy atom. The molecular formula is C19H22N2O3. The Balaban J connectivity index is 1.55. The van der Waals surface area contributed by atoms with Gasteiger partial charge in [0.25, 0.3) is 5.91 Å². The third-order valence-electron chi connectivity index (χ3n) is 4.44. The molecule has 5 nitrogen and oxygen atoms in total. The summed E-state index contributed by atoms with van der Waals surface area (Å²) in [6.45, 7) is 4.00. The second-order valence-electron chi connectivity index (χ2n) is 6.31. The summed E-state index contributed by atoms with van der Waals surface area (Å²) < 4.78 is 5.35. The standard InChI is InChI=1S/C19H22N2O3/c1-3-12(2)20-18(22)13-6-8-14(9-7-13)21-19(23)16-11-15(16)17-5-4-10-24-17/h4-10,12,15-16H,3,11H2,1-2H3,(H,20,22)(H,21,23). The van der Waals surface area contributed by atoms with E-state index in [0.29, 0.717) is 11.3 Å². The fourth-order valence-corrected chi connectivity index (χ4v) is 2.65. The Bertz CT molecular complexity index is 707. The Labute approximate surface area is 141 Å². The molecule has 3 unspecified atom stereocenters. The van der Waals surface area contributed by atoms with Crippen molar-refractivity contribution in [3.05, 3.63) is 54.0 Å². The molecule has 1 aromatic carbocycles. The van der Waals surface area contributed by atoms with Gasteiger partial charge >= 0.3 is 0 Å². The van der Waals surface area contributed by atoms with Crippen LogP contribution in [0.2, 0.25) is 0 Å². The minimum atomic E-state index is -0.0951. The maximum absolute atomic E-state index is 12.3. The number of carbonyl (C=O) groups is 2. The summed E-state index contributed by atoms with van der Waals surface area (Å²) in [5, 5.41) is 5.82. The molecule has 1 aliphatic rings. The molecule has 0 saturated heterocycles. The SMILES string of the molecule is CCC(C)NC(=O)c1ccc(NC(=O)C2CC2c2ccco2)cc1. The summed E-state index contributed by atoms with van der Waals surface area (Å²) in [5.74, 6) is 0.910. The van der Waals surface area contributed by atoms with Crippen molar-refractivity contribution in [1.29, 1.82) is 0 Å². The van der Waals surface area contributed by atoms with Crippen LogP contribution in [0.1, 0.15) is 48.7 Å². The molecule has 24 heavy (non-hydrogen) atoms. The van der Waals surface area contributed by atoms with Crippen LogP contribution < -0.4 is 10.6 Å². The highest BCUT2D eigenvalue weighted by atomic mass is 16.3. The number of nitrogens with one attached hydrogen (secondary N) is 2. The summed E-state index contributed by atoms with van der Waals surface area (Å²) in [6, 6.07) is 10.9. The molecule has 0 bridgehead atoms. The zero-order chi connectivity index (χ0) is 17.1. The number of hydrogen-bond donors (Lipinski definition) is 2. The molecule has 3 atom stereocenters. The number of rotatable bonds is 6. The molecule has 1 heterocycles. The van der Waals surface area contributed by atoms with E-state index in [4.69, 9.17) is 4.42 Å². The van der Waals surface area contributed by atoms with Gasteiger partial charge in [0.2, 0.25) is 5.91 Å². The van der Waals surface area contributed by atoms with Crippen LogP contribution in [0.25, 0.3) is 0 Å². The van der Waals surface area contributed by atoms with E-state index in [-0.39, 0.29) is 29.7 Å². The van der Waals surface area contributed by atoms with E-state index in [9.17, 15) is 9.59 Å². The summed E-state index contributed by atoms with van der Waals surface area (Å²) in [6.07, 6.45) is 3.33. The number of anilines is 1. The molecule has 1 saturated carbocycles. The highest BCUT2D eigenvalue weighted by Gasteiger charge is 2.45. The van der Waals surface area contributed by atoms with Crippen molar-refractivity contribution in [1.82, 2.24) is 5.32 Å². The first kappa shape index (κ1) is 16.3. The molecule has 1 aliphatic carbocycles. The fourth-order valence-electron chi connectivity index (χ4n) is 2.65. The zero-order valence-electron chi connectivity index (χ0n) is 13.9. The largest absolute Gasteiger partial charge is 0.469 e. The minimum Gasteiger partial charge on any atom is -0.469 e. The first-order chi connectivity index (χ1) is 11.6. The number of hydrogen-bond acceptors (Lipinski definition) is 3. The lowest BCUT2D eigenvalue weighted by molar-refractivity contribution is -0.117. The smallest absolute Gasteiger partial charge is 0.251 e. The van der Waals surface area contributed by atoms with Crippen LogP contribution in [0.5, 0.6) is 0 Å². The number of furan rings is 1. The second kappa shape index (κ2) is 6.91. The first-order valence-electron chi connectivity index (χ1n) is 8.33. The molecule has 0 radical (unpaired) electrons. The monoisotopic (exact) mass is 326 g/mol. The van der Waals surface area contributed by atoms with Crippen LogP contribution in [-0.4, -0.2) is 17.9 Å². The number of carbonyl (C=O) groups excluding carboxylic acids is 2. The lowest BCUT2D eigenvalue weighted by Gasteiger charge is -2.11. The summed E-state index contributed by atoms with van der Waals surface area (Å²) in [7, 11) is 0. The second-order valence-corrected chi connectivity index (χ2v) is 6.31. The van der Waals surface area contributed by atoms with E-state index in [1.807, 2.05) is 26.0 Å². The van der Waals surface area contributed by atoms with E-state index in [2.05, 4.69) is 10.6 Å². The Morgan fingerprint density at radius 3 is 2.62 bits per heavy atom. The van der Waals surface area contributed by atoms with Gasteiger partial charge in [-0.25, -0.2) is 0 Å². The predicted octanol–water partition coefficient (Wildman–Crippen LogP) is 3.55. The van der Waals surface area contributed by atoms with Crippen LogP contribution in [0.15, 0.2) is 47.1 Å². The van der Waals surface area contributed by atoms with Crippen LogP contribution in [0, 0.1) is 5.92 Å². The van der Waals surface area contributed by atoms with Gasteiger partial charge in [-0.3, -0.25) is 9.59 Å². The Kier molecular flexibility index (Phi) is 4.69. The van der Waals surface area contributed by atoms with Crippen molar-refractivity contribution in [2.24, 2.45) is 5.92 Å². The van der Waals surface area contributed by atoms with Crippen molar-refractivity contribution in [3.8, 4) is 0 Å². The fraction of sp³-hybridized carbons (Fsp3) is 0.368. The average molecular weight is 326 g/mol. The number of benzene rings is 1. The highest BCUT2D eigenvalue weighted by Crippen LogP contribution is 2.48. The molecule has 1 aromatic heterocycles. The molecule has 0 aliphatic heterocycles. The van der Waals surface area contributed by atoms with Gasteiger partial charge in [0.05, 0.1) is 6.26 Å². The topological polar surface area (TPSA) is 71.3 Å². The normalized spacial score (nSPS) is 20.2. The van der Waals surface area contributed by atoms with Crippen LogP contribution in [0.4, 0.5) is 5.69 Å². The van der Waals surface area contributed by atoms with Gasteiger partial charge in [-0.1, -0.05) is 6.92 Å². The number of amides is 2. The molecule has 2 N–H and O–H groups in total. The minimum absolute atomic E-state index is 0.00629. The maximum Gasteiger partial charge on any atom is 0.251 e. The van der Waals surface area contributed by atoms with E-state index >= 15 is 0 Å². The third-order valence-corrected chi connectivity index (χ3v) is 4.44. The summed E-state index contributed by atoms with van der Waals surface area (Å²) in [5.41, 5.74) is 1.29.